The molecule has 1 atom stereocenters. The fourth-order valence-electron chi connectivity index (χ4n) is 1.75. The predicted octanol–water partition coefficient (Wildman–Crippen LogP) is 2.25. The van der Waals surface area contributed by atoms with Crippen LogP contribution in [0, 0.1) is 0 Å². The van der Waals surface area contributed by atoms with Gasteiger partial charge in [-0.05, 0) is 23.3 Å². The van der Waals surface area contributed by atoms with Gasteiger partial charge in [0.1, 0.15) is 0 Å². The van der Waals surface area contributed by atoms with Crippen molar-refractivity contribution in [3.05, 3.63) is 65.7 Å². The molecule has 0 fully saturated rings. The molecule has 0 amide bonds. The molecule has 0 aromatic heterocycles. The number of rotatable bonds is 5. The van der Waals surface area contributed by atoms with Gasteiger partial charge in [-0.3, -0.25) is 5.43 Å². The molecule has 0 saturated carbocycles. The average molecular weight is 267 g/mol. The second-order valence-electron chi connectivity index (χ2n) is 4.45. The van der Waals surface area contributed by atoms with Crippen LogP contribution in [0.1, 0.15) is 28.8 Å². The summed E-state index contributed by atoms with van der Waals surface area (Å²) in [6.45, 7) is 2.06. The molecule has 2 aromatic carbocycles. The first-order valence-corrected chi connectivity index (χ1v) is 6.32. The van der Waals surface area contributed by atoms with E-state index in [1.54, 1.807) is 12.1 Å². The van der Waals surface area contributed by atoms with Crippen LogP contribution in [-0.2, 0) is 0 Å². The van der Waals surface area contributed by atoms with Crippen LogP contribution in [0.4, 0.5) is 5.69 Å². The molecule has 0 aliphatic rings. The number of carbonyl (C=O) groups excluding carboxylic acids is 1. The highest BCUT2D eigenvalue weighted by atomic mass is 16.4. The average Bonchev–Trinajstić information content (AvgIpc) is 2.48. The molecule has 0 unspecified atom stereocenters. The standard InChI is InChI=1S/C16H16N2O2/c1-12(13-5-3-2-4-6-13)11-17-18-15-9-7-14(8-10-15)16(19)20/h2-12,18H,1H3,(H,19,20)/p-1/b17-11-/t12-/m0/s1. The second kappa shape index (κ2) is 6.52. The lowest BCUT2D eigenvalue weighted by molar-refractivity contribution is -0.255. The molecule has 0 spiro atoms. The van der Waals surface area contributed by atoms with Gasteiger partial charge in [0.15, 0.2) is 0 Å². The third kappa shape index (κ3) is 3.68. The molecule has 0 heterocycles. The zero-order valence-electron chi connectivity index (χ0n) is 11.1. The van der Waals surface area contributed by atoms with Crippen molar-refractivity contribution in [2.45, 2.75) is 12.8 Å². The fraction of sp³-hybridized carbons (Fsp3) is 0.125. The van der Waals surface area contributed by atoms with E-state index in [0.29, 0.717) is 0 Å². The largest absolute Gasteiger partial charge is 0.545 e. The quantitative estimate of drug-likeness (QED) is 0.667. The van der Waals surface area contributed by atoms with Gasteiger partial charge >= 0.3 is 0 Å². The first kappa shape index (κ1) is 13.8. The number of benzene rings is 2. The molecule has 0 aliphatic heterocycles. The smallest absolute Gasteiger partial charge is 0.0715 e. The number of carboxylic acid groups (broad SMARTS) is 1. The normalized spacial score (nSPS) is 12.2. The zero-order valence-corrected chi connectivity index (χ0v) is 11.1. The maximum atomic E-state index is 10.6. The van der Waals surface area contributed by atoms with E-state index < -0.39 is 5.97 Å². The van der Waals surface area contributed by atoms with Crippen LogP contribution in [0.3, 0.4) is 0 Å². The van der Waals surface area contributed by atoms with Gasteiger partial charge in [0.2, 0.25) is 0 Å². The summed E-state index contributed by atoms with van der Waals surface area (Å²) in [7, 11) is 0. The lowest BCUT2D eigenvalue weighted by Crippen LogP contribution is -2.21. The van der Waals surface area contributed by atoms with Crippen LogP contribution in [0.2, 0.25) is 0 Å². The molecule has 2 aromatic rings. The molecule has 1 N–H and O–H groups in total. The number of nitrogens with zero attached hydrogens (tertiary/aromatic N) is 1. The van der Waals surface area contributed by atoms with Crippen molar-refractivity contribution < 1.29 is 9.90 Å². The molecule has 0 bridgehead atoms. The van der Waals surface area contributed by atoms with Crippen molar-refractivity contribution in [2.24, 2.45) is 5.10 Å². The van der Waals surface area contributed by atoms with Crippen LogP contribution in [0.25, 0.3) is 0 Å². The van der Waals surface area contributed by atoms with Gasteiger partial charge in [-0.15, -0.1) is 0 Å². The Kier molecular flexibility index (Phi) is 4.50. The lowest BCUT2D eigenvalue weighted by Gasteiger charge is -2.06. The van der Waals surface area contributed by atoms with Crippen molar-refractivity contribution in [3.63, 3.8) is 0 Å². The molecular formula is C16H15N2O2-. The number of aromatic carboxylic acids is 1. The maximum absolute atomic E-state index is 10.6. The number of hydrogen-bond donors (Lipinski definition) is 1. The molecule has 4 nitrogen and oxygen atoms in total. The lowest BCUT2D eigenvalue weighted by atomic mass is 10.0. The molecule has 0 saturated heterocycles. The van der Waals surface area contributed by atoms with E-state index >= 15 is 0 Å². The van der Waals surface area contributed by atoms with E-state index in [2.05, 4.69) is 17.5 Å². The van der Waals surface area contributed by atoms with Crippen LogP contribution in [0.5, 0.6) is 0 Å². The summed E-state index contributed by atoms with van der Waals surface area (Å²) in [5.41, 5.74) is 4.93. The van der Waals surface area contributed by atoms with Crippen molar-refractivity contribution in [3.8, 4) is 0 Å². The molecule has 4 heteroatoms. The van der Waals surface area contributed by atoms with Gasteiger partial charge in [-0.1, -0.05) is 49.4 Å². The number of hydrogen-bond acceptors (Lipinski definition) is 4. The van der Waals surface area contributed by atoms with E-state index in [4.69, 9.17) is 0 Å². The van der Waals surface area contributed by atoms with Crippen molar-refractivity contribution >= 4 is 17.9 Å². The van der Waals surface area contributed by atoms with E-state index in [0.717, 1.165) is 5.69 Å². The summed E-state index contributed by atoms with van der Waals surface area (Å²) in [6.07, 6.45) is 1.81. The fourth-order valence-corrected chi connectivity index (χ4v) is 1.75. The Morgan fingerprint density at radius 1 is 1.15 bits per heavy atom. The summed E-state index contributed by atoms with van der Waals surface area (Å²) < 4.78 is 0. The van der Waals surface area contributed by atoms with Gasteiger partial charge in [-0.25, -0.2) is 0 Å². The zero-order chi connectivity index (χ0) is 14.4. The van der Waals surface area contributed by atoms with Gasteiger partial charge in [0.05, 0.1) is 11.7 Å². The van der Waals surface area contributed by atoms with Gasteiger partial charge in [0.25, 0.3) is 0 Å². The molecule has 20 heavy (non-hydrogen) atoms. The SMILES string of the molecule is C[C@@H](/C=N\Nc1ccc(C(=O)[O-])cc1)c1ccccc1. The monoisotopic (exact) mass is 267 g/mol. The number of nitrogens with one attached hydrogen (secondary N) is 1. The first-order chi connectivity index (χ1) is 9.66. The third-order valence-electron chi connectivity index (χ3n) is 2.94. The second-order valence-corrected chi connectivity index (χ2v) is 4.45. The van der Waals surface area contributed by atoms with Gasteiger partial charge in [0, 0.05) is 12.1 Å². The highest BCUT2D eigenvalue weighted by Gasteiger charge is 2.00. The Morgan fingerprint density at radius 2 is 1.80 bits per heavy atom. The van der Waals surface area contributed by atoms with Crippen molar-refractivity contribution in [1.29, 1.82) is 0 Å². The minimum atomic E-state index is -1.18. The summed E-state index contributed by atoms with van der Waals surface area (Å²) in [5.74, 6) is -0.982. The van der Waals surface area contributed by atoms with Crippen molar-refractivity contribution in [2.75, 3.05) is 5.43 Å². The topological polar surface area (TPSA) is 64.5 Å². The van der Waals surface area contributed by atoms with Gasteiger partial charge in [-0.2, -0.15) is 5.10 Å². The van der Waals surface area contributed by atoms with Crippen LogP contribution in [-0.4, -0.2) is 12.2 Å². The van der Waals surface area contributed by atoms with E-state index in [9.17, 15) is 9.90 Å². The Balaban J connectivity index is 1.94. The molecule has 102 valence electrons. The summed E-state index contributed by atoms with van der Waals surface area (Å²) in [4.78, 5) is 10.6. The predicted molar refractivity (Wildman–Crippen MR) is 77.7 cm³/mol. The van der Waals surface area contributed by atoms with Gasteiger partial charge < -0.3 is 9.90 Å². The molecule has 0 aliphatic carbocycles. The molecule has 0 radical (unpaired) electrons. The summed E-state index contributed by atoms with van der Waals surface area (Å²) in [5, 5.41) is 14.8. The number of anilines is 1. The highest BCUT2D eigenvalue weighted by molar-refractivity contribution is 5.86. The van der Waals surface area contributed by atoms with Crippen LogP contribution >= 0.6 is 0 Å². The van der Waals surface area contributed by atoms with Crippen LogP contribution in [0.15, 0.2) is 59.7 Å². The van der Waals surface area contributed by atoms with Crippen LogP contribution < -0.4 is 10.5 Å². The highest BCUT2D eigenvalue weighted by Crippen LogP contribution is 2.13. The summed E-state index contributed by atoms with van der Waals surface area (Å²) in [6, 6.07) is 16.3. The van der Waals surface area contributed by atoms with E-state index in [1.807, 2.05) is 36.5 Å². The Labute approximate surface area is 117 Å². The summed E-state index contributed by atoms with van der Waals surface area (Å²) >= 11 is 0. The van der Waals surface area contributed by atoms with E-state index in [-0.39, 0.29) is 11.5 Å². The van der Waals surface area contributed by atoms with E-state index in [1.165, 1.54) is 17.7 Å². The first-order valence-electron chi connectivity index (χ1n) is 6.32. The maximum Gasteiger partial charge on any atom is 0.0715 e. The van der Waals surface area contributed by atoms with Crippen molar-refractivity contribution in [1.82, 2.24) is 0 Å². The Hall–Kier alpha value is -2.62. The third-order valence-corrected chi connectivity index (χ3v) is 2.94. The molecular weight excluding hydrogens is 252 g/mol. The Bertz CT molecular complexity index is 592. The number of hydrazone groups is 1. The minimum absolute atomic E-state index is 0.150. The Morgan fingerprint density at radius 3 is 2.40 bits per heavy atom. The molecule has 2 rings (SSSR count). The minimum Gasteiger partial charge on any atom is -0.545 e. The number of carboxylic acids is 1. The number of carbonyl (C=O) groups is 1.